The number of nitriles is 1. The van der Waals surface area contributed by atoms with Crippen molar-refractivity contribution in [1.82, 2.24) is 4.90 Å². The number of carbonyl (C=O) groups is 2. The van der Waals surface area contributed by atoms with E-state index in [0.29, 0.717) is 30.3 Å². The maximum Gasteiger partial charge on any atom is 0.307 e. The molecule has 2 aromatic carbocycles. The van der Waals surface area contributed by atoms with Crippen molar-refractivity contribution >= 4 is 17.6 Å². The van der Waals surface area contributed by atoms with Gasteiger partial charge >= 0.3 is 5.97 Å². The molecule has 1 aliphatic rings. The fourth-order valence-electron chi connectivity index (χ4n) is 3.65. The second-order valence-corrected chi connectivity index (χ2v) is 7.51. The summed E-state index contributed by atoms with van der Waals surface area (Å²) in [5, 5.41) is 21.2. The predicted octanol–water partition coefficient (Wildman–Crippen LogP) is 3.61. The number of piperidine rings is 1. The van der Waals surface area contributed by atoms with E-state index in [0.717, 1.165) is 19.3 Å². The number of anilines is 1. The van der Waals surface area contributed by atoms with Gasteiger partial charge in [0.15, 0.2) is 0 Å². The molecular weight excluding hydrogens is 378 g/mol. The molecule has 1 aliphatic heterocycles. The Morgan fingerprint density at radius 3 is 2.33 bits per heavy atom. The summed E-state index contributed by atoms with van der Waals surface area (Å²) in [5.41, 5.74) is 2.75. The number of hydrogen-bond donors (Lipinski definition) is 2. The van der Waals surface area contributed by atoms with E-state index in [4.69, 9.17) is 5.11 Å². The van der Waals surface area contributed by atoms with Crippen molar-refractivity contribution < 1.29 is 14.7 Å². The predicted molar refractivity (Wildman–Crippen MR) is 115 cm³/mol. The molecule has 6 nitrogen and oxygen atoms in total. The van der Waals surface area contributed by atoms with Crippen LogP contribution in [0.5, 0.6) is 0 Å². The van der Waals surface area contributed by atoms with Gasteiger partial charge < -0.3 is 15.3 Å². The molecule has 0 radical (unpaired) electrons. The standard InChI is InChI=1S/C24H25N3O3/c25-16-21(17-26-22-8-6-19(7-9-22)15-23(28)29)24(30)27-12-10-20(11-13-27)14-18-4-2-1-3-5-18/h1-9,17,20,26H,10-15H2,(H,28,29)/b21-17-. The summed E-state index contributed by atoms with van der Waals surface area (Å²) in [6, 6.07) is 19.2. The van der Waals surface area contributed by atoms with E-state index in [2.05, 4.69) is 17.4 Å². The van der Waals surface area contributed by atoms with Crippen LogP contribution in [0.15, 0.2) is 66.4 Å². The van der Waals surface area contributed by atoms with Gasteiger partial charge in [0.1, 0.15) is 11.6 Å². The van der Waals surface area contributed by atoms with Crippen LogP contribution in [0.3, 0.4) is 0 Å². The molecule has 0 aliphatic carbocycles. The van der Waals surface area contributed by atoms with Crippen LogP contribution in [0.2, 0.25) is 0 Å². The maximum absolute atomic E-state index is 12.7. The summed E-state index contributed by atoms with van der Waals surface area (Å²) in [6.45, 7) is 1.30. The van der Waals surface area contributed by atoms with Crippen LogP contribution in [-0.4, -0.2) is 35.0 Å². The Kier molecular flexibility index (Phi) is 7.23. The van der Waals surface area contributed by atoms with Gasteiger partial charge in [-0.2, -0.15) is 5.26 Å². The third kappa shape index (κ3) is 5.95. The topological polar surface area (TPSA) is 93.4 Å². The SMILES string of the molecule is N#C/C(=C/Nc1ccc(CC(=O)O)cc1)C(=O)N1CCC(Cc2ccccc2)CC1. The van der Waals surface area contributed by atoms with E-state index < -0.39 is 5.97 Å². The highest BCUT2D eigenvalue weighted by Gasteiger charge is 2.25. The third-order valence-electron chi connectivity index (χ3n) is 5.31. The van der Waals surface area contributed by atoms with Crippen LogP contribution in [0.25, 0.3) is 0 Å². The third-order valence-corrected chi connectivity index (χ3v) is 5.31. The number of carboxylic acids is 1. The lowest BCUT2D eigenvalue weighted by molar-refractivity contribution is -0.136. The van der Waals surface area contributed by atoms with Crippen molar-refractivity contribution in [2.75, 3.05) is 18.4 Å². The van der Waals surface area contributed by atoms with Gasteiger partial charge in [-0.15, -0.1) is 0 Å². The Hall–Kier alpha value is -3.59. The Labute approximate surface area is 176 Å². The van der Waals surface area contributed by atoms with Crippen molar-refractivity contribution in [3.63, 3.8) is 0 Å². The molecule has 0 atom stereocenters. The number of rotatable bonds is 7. The van der Waals surface area contributed by atoms with Crippen molar-refractivity contribution in [3.05, 3.63) is 77.5 Å². The molecule has 2 aromatic rings. The molecule has 0 unspecified atom stereocenters. The van der Waals surface area contributed by atoms with Crippen molar-refractivity contribution in [1.29, 1.82) is 5.26 Å². The number of likely N-dealkylation sites (tertiary alicyclic amines) is 1. The van der Waals surface area contributed by atoms with E-state index in [9.17, 15) is 14.9 Å². The molecule has 0 bridgehead atoms. The molecule has 1 amide bonds. The molecular formula is C24H25N3O3. The molecule has 1 saturated heterocycles. The molecule has 6 heteroatoms. The van der Waals surface area contributed by atoms with Crippen LogP contribution >= 0.6 is 0 Å². The van der Waals surface area contributed by atoms with Crippen LogP contribution in [0.4, 0.5) is 5.69 Å². The second kappa shape index (κ2) is 10.3. The summed E-state index contributed by atoms with van der Waals surface area (Å²) in [6.07, 6.45) is 4.25. The lowest BCUT2D eigenvalue weighted by atomic mass is 9.90. The Balaban J connectivity index is 1.53. The van der Waals surface area contributed by atoms with Crippen LogP contribution in [0, 0.1) is 17.2 Å². The maximum atomic E-state index is 12.7. The average molecular weight is 403 g/mol. The minimum atomic E-state index is -0.888. The molecule has 0 aromatic heterocycles. The fraction of sp³-hybridized carbons (Fsp3) is 0.292. The van der Waals surface area contributed by atoms with E-state index in [1.807, 2.05) is 24.3 Å². The molecule has 30 heavy (non-hydrogen) atoms. The number of carbonyl (C=O) groups excluding carboxylic acids is 1. The minimum Gasteiger partial charge on any atom is -0.481 e. The van der Waals surface area contributed by atoms with E-state index in [-0.39, 0.29) is 17.9 Å². The first kappa shape index (κ1) is 21.1. The number of carboxylic acid groups (broad SMARTS) is 1. The van der Waals surface area contributed by atoms with E-state index >= 15 is 0 Å². The highest BCUT2D eigenvalue weighted by Crippen LogP contribution is 2.22. The number of nitrogens with one attached hydrogen (secondary N) is 1. The number of nitrogens with zero attached hydrogens (tertiary/aromatic N) is 2. The molecule has 2 N–H and O–H groups in total. The fourth-order valence-corrected chi connectivity index (χ4v) is 3.65. The normalized spacial score (nSPS) is 14.8. The summed E-state index contributed by atoms with van der Waals surface area (Å²) < 4.78 is 0. The van der Waals surface area contributed by atoms with Gasteiger partial charge in [0, 0.05) is 25.0 Å². The van der Waals surface area contributed by atoms with Crippen molar-refractivity contribution in [3.8, 4) is 6.07 Å². The molecule has 0 spiro atoms. The smallest absolute Gasteiger partial charge is 0.307 e. The van der Waals surface area contributed by atoms with Crippen LogP contribution in [0.1, 0.15) is 24.0 Å². The highest BCUT2D eigenvalue weighted by molar-refractivity contribution is 5.97. The number of amides is 1. The van der Waals surface area contributed by atoms with Crippen LogP contribution in [-0.2, 0) is 22.4 Å². The zero-order chi connectivity index (χ0) is 21.3. The van der Waals surface area contributed by atoms with Crippen molar-refractivity contribution in [2.45, 2.75) is 25.7 Å². The van der Waals surface area contributed by atoms with Gasteiger partial charge in [0.05, 0.1) is 6.42 Å². The van der Waals surface area contributed by atoms with Gasteiger partial charge in [-0.3, -0.25) is 9.59 Å². The lowest BCUT2D eigenvalue weighted by Gasteiger charge is -2.32. The molecule has 1 fully saturated rings. The molecule has 3 rings (SSSR count). The van der Waals surface area contributed by atoms with E-state index in [1.54, 1.807) is 29.2 Å². The summed E-state index contributed by atoms with van der Waals surface area (Å²) in [7, 11) is 0. The molecule has 1 heterocycles. The first-order valence-corrected chi connectivity index (χ1v) is 10.1. The van der Waals surface area contributed by atoms with Gasteiger partial charge in [0.2, 0.25) is 0 Å². The van der Waals surface area contributed by atoms with Gasteiger partial charge in [-0.25, -0.2) is 0 Å². The average Bonchev–Trinajstić information content (AvgIpc) is 2.76. The number of aliphatic carboxylic acids is 1. The first-order chi connectivity index (χ1) is 14.5. The van der Waals surface area contributed by atoms with Gasteiger partial charge in [-0.1, -0.05) is 42.5 Å². The largest absolute Gasteiger partial charge is 0.481 e. The number of hydrogen-bond acceptors (Lipinski definition) is 4. The van der Waals surface area contributed by atoms with Gasteiger partial charge in [0.25, 0.3) is 5.91 Å². The summed E-state index contributed by atoms with van der Waals surface area (Å²) in [5.74, 6) is -0.598. The van der Waals surface area contributed by atoms with E-state index in [1.165, 1.54) is 11.8 Å². The van der Waals surface area contributed by atoms with Crippen molar-refractivity contribution in [2.24, 2.45) is 5.92 Å². The molecule has 0 saturated carbocycles. The Morgan fingerprint density at radius 1 is 1.07 bits per heavy atom. The minimum absolute atomic E-state index is 0.0434. The highest BCUT2D eigenvalue weighted by atomic mass is 16.4. The first-order valence-electron chi connectivity index (χ1n) is 10.1. The summed E-state index contributed by atoms with van der Waals surface area (Å²) in [4.78, 5) is 25.2. The quantitative estimate of drug-likeness (QED) is 0.544. The monoisotopic (exact) mass is 403 g/mol. The van der Waals surface area contributed by atoms with Gasteiger partial charge in [-0.05, 0) is 48.4 Å². The number of benzene rings is 2. The second-order valence-electron chi connectivity index (χ2n) is 7.51. The molecule has 154 valence electrons. The lowest BCUT2D eigenvalue weighted by Crippen LogP contribution is -2.39. The Bertz CT molecular complexity index is 938. The zero-order valence-electron chi connectivity index (χ0n) is 16.8. The zero-order valence-corrected chi connectivity index (χ0v) is 16.8. The summed E-state index contributed by atoms with van der Waals surface area (Å²) >= 11 is 0. The Morgan fingerprint density at radius 2 is 1.73 bits per heavy atom. The van der Waals surface area contributed by atoms with Crippen LogP contribution < -0.4 is 5.32 Å².